The number of primary amides is 1. The van der Waals surface area contributed by atoms with Crippen LogP contribution in [0, 0.1) is 0 Å². The van der Waals surface area contributed by atoms with E-state index in [0.29, 0.717) is 19.4 Å². The van der Waals surface area contributed by atoms with E-state index in [1.165, 1.54) is 6.92 Å². The van der Waals surface area contributed by atoms with E-state index in [1.54, 1.807) is 0 Å². The lowest BCUT2D eigenvalue weighted by Crippen LogP contribution is -2.56. The molecule has 8 amide bonds. The predicted octanol–water partition coefficient (Wildman–Crippen LogP) is -6.60. The van der Waals surface area contributed by atoms with E-state index in [1.807, 2.05) is 0 Å². The molecule has 0 heterocycles. The molecule has 20 nitrogen and oxygen atoms in total. The number of carboxylic acid groups (broad SMARTS) is 1. The van der Waals surface area contributed by atoms with E-state index in [0.717, 1.165) is 0 Å². The number of carbonyl (C=O) groups is 9. The maximum Gasteiger partial charge on any atom is 0.303 e. The summed E-state index contributed by atoms with van der Waals surface area (Å²) in [4.78, 5) is 106. The minimum Gasteiger partial charge on any atom is -0.481 e. The summed E-state index contributed by atoms with van der Waals surface area (Å²) >= 11 is 0. The number of amides is 8. The second-order valence-electron chi connectivity index (χ2n) is 9.35. The lowest BCUT2D eigenvalue weighted by molar-refractivity contribution is -0.138. The number of nitrogens with one attached hydrogen (secondary N) is 7. The molecule has 248 valence electrons. The van der Waals surface area contributed by atoms with Crippen LogP contribution < -0.4 is 48.7 Å². The first-order chi connectivity index (χ1) is 20.7. The number of rotatable bonds is 23. The molecule has 4 atom stereocenters. The summed E-state index contributed by atoms with van der Waals surface area (Å²) in [6.07, 6.45) is -0.457. The van der Waals surface area contributed by atoms with E-state index >= 15 is 0 Å². The van der Waals surface area contributed by atoms with Crippen LogP contribution >= 0.6 is 0 Å². The summed E-state index contributed by atoms with van der Waals surface area (Å²) < 4.78 is 0. The number of carbonyl (C=O) groups excluding carboxylic acids is 8. The Morgan fingerprint density at radius 1 is 0.727 bits per heavy atom. The Labute approximate surface area is 252 Å². The van der Waals surface area contributed by atoms with Crippen molar-refractivity contribution in [2.45, 2.75) is 63.3 Å². The third-order valence-corrected chi connectivity index (χ3v) is 5.68. The average molecular weight is 632 g/mol. The van der Waals surface area contributed by atoms with Gasteiger partial charge in [0, 0.05) is 6.42 Å². The van der Waals surface area contributed by atoms with E-state index in [2.05, 4.69) is 37.2 Å². The van der Waals surface area contributed by atoms with Crippen molar-refractivity contribution in [2.24, 2.45) is 11.5 Å². The van der Waals surface area contributed by atoms with E-state index < -0.39 is 104 Å². The predicted molar refractivity (Wildman–Crippen MR) is 150 cm³/mol. The number of hydrogen-bond donors (Lipinski definition) is 11. The number of aliphatic hydroxyl groups is 1. The van der Waals surface area contributed by atoms with Gasteiger partial charge in [-0.1, -0.05) is 0 Å². The van der Waals surface area contributed by atoms with Crippen LogP contribution in [0.3, 0.4) is 0 Å². The van der Waals surface area contributed by atoms with Crippen molar-refractivity contribution >= 4 is 53.7 Å². The molecule has 0 aromatic rings. The van der Waals surface area contributed by atoms with Gasteiger partial charge in [-0.3, -0.25) is 43.2 Å². The summed E-state index contributed by atoms with van der Waals surface area (Å²) in [6, 6.07) is -3.71. The van der Waals surface area contributed by atoms with Crippen LogP contribution in [0.2, 0.25) is 0 Å². The maximum atomic E-state index is 12.4. The van der Waals surface area contributed by atoms with Crippen LogP contribution in [0.15, 0.2) is 0 Å². The van der Waals surface area contributed by atoms with Gasteiger partial charge in [-0.05, 0) is 39.2 Å². The number of aliphatic hydroxyl groups excluding tert-OH is 1. The highest BCUT2D eigenvalue weighted by atomic mass is 16.4. The first-order valence-corrected chi connectivity index (χ1v) is 13.5. The zero-order valence-electron chi connectivity index (χ0n) is 24.2. The second kappa shape index (κ2) is 21.8. The van der Waals surface area contributed by atoms with Crippen molar-refractivity contribution < 1.29 is 53.4 Å². The normalized spacial score (nSPS) is 13.1. The fourth-order valence-corrected chi connectivity index (χ4v) is 3.34. The molecule has 0 spiro atoms. The third-order valence-electron chi connectivity index (χ3n) is 5.68. The molecule has 44 heavy (non-hydrogen) atoms. The maximum absolute atomic E-state index is 12.4. The van der Waals surface area contributed by atoms with Crippen LogP contribution in [0.25, 0.3) is 0 Å². The molecule has 0 rings (SSSR count). The molecular formula is C24H41N9O11. The highest BCUT2D eigenvalue weighted by Gasteiger charge is 2.27. The van der Waals surface area contributed by atoms with E-state index in [4.69, 9.17) is 16.6 Å². The highest BCUT2D eigenvalue weighted by Crippen LogP contribution is 2.00. The Hall–Kier alpha value is -4.85. The Morgan fingerprint density at radius 2 is 1.25 bits per heavy atom. The minimum atomic E-state index is -1.55. The van der Waals surface area contributed by atoms with Crippen molar-refractivity contribution in [2.75, 3.05) is 32.7 Å². The van der Waals surface area contributed by atoms with Crippen LogP contribution in [0.1, 0.15) is 39.0 Å². The molecule has 0 saturated heterocycles. The van der Waals surface area contributed by atoms with Crippen LogP contribution in [-0.2, 0) is 43.2 Å². The molecule has 0 aromatic heterocycles. The summed E-state index contributed by atoms with van der Waals surface area (Å²) in [5.41, 5.74) is 10.6. The third kappa shape index (κ3) is 17.9. The highest BCUT2D eigenvalue weighted by molar-refractivity contribution is 5.94. The van der Waals surface area contributed by atoms with Crippen LogP contribution in [-0.4, -0.2) is 121 Å². The molecule has 20 heteroatoms. The smallest absolute Gasteiger partial charge is 0.303 e. The van der Waals surface area contributed by atoms with Gasteiger partial charge in [0.2, 0.25) is 47.8 Å². The molecule has 4 unspecified atom stereocenters. The van der Waals surface area contributed by atoms with Gasteiger partial charge in [-0.2, -0.15) is 0 Å². The molecule has 0 aliphatic heterocycles. The van der Waals surface area contributed by atoms with Crippen molar-refractivity contribution in [1.29, 1.82) is 0 Å². The first kappa shape index (κ1) is 39.1. The molecule has 0 radical (unpaired) electrons. The molecule has 0 aromatic carbocycles. The topological polar surface area (TPSA) is 330 Å². The fourth-order valence-electron chi connectivity index (χ4n) is 3.34. The summed E-state index contributed by atoms with van der Waals surface area (Å²) in [7, 11) is 0. The molecular weight excluding hydrogens is 590 g/mol. The second-order valence-corrected chi connectivity index (χ2v) is 9.35. The van der Waals surface area contributed by atoms with Crippen molar-refractivity contribution in [3.05, 3.63) is 0 Å². The van der Waals surface area contributed by atoms with Crippen molar-refractivity contribution in [3.8, 4) is 0 Å². The summed E-state index contributed by atoms with van der Waals surface area (Å²) in [6.45, 7) is -0.837. The molecule has 0 saturated carbocycles. The molecule has 0 aliphatic carbocycles. The fraction of sp³-hybridized carbons (Fsp3) is 0.625. The number of aliphatic carboxylic acids is 1. The lowest BCUT2D eigenvalue weighted by Gasteiger charge is -2.21. The van der Waals surface area contributed by atoms with Gasteiger partial charge in [0.25, 0.3) is 0 Å². The standard InChI is InChI=1S/C24H41N9O11/c1-13(35)21(33-19(39)11-29-23(43)15(31-12-34)5-6-20(40)41)24(44)30-9-17(37)27-8-16(36)28-10-18(38)32-14(22(26)42)4-2-3-7-25/h12-15,21,35H,2-11,25H2,1H3,(H2,26,42)(H,27,37)(H,28,36)(H,29,43)(H,30,44)(H,31,34)(H,32,38)(H,33,39)(H,40,41). The lowest BCUT2D eigenvalue weighted by atomic mass is 10.1. The molecule has 0 aliphatic rings. The van der Waals surface area contributed by atoms with Crippen LogP contribution in [0.4, 0.5) is 0 Å². The van der Waals surface area contributed by atoms with Gasteiger partial charge < -0.3 is 58.9 Å². The van der Waals surface area contributed by atoms with Gasteiger partial charge in [-0.25, -0.2) is 0 Å². The zero-order chi connectivity index (χ0) is 33.7. The minimum absolute atomic E-state index is 0.191. The molecule has 13 N–H and O–H groups in total. The van der Waals surface area contributed by atoms with Crippen molar-refractivity contribution in [3.63, 3.8) is 0 Å². The SMILES string of the molecule is CC(O)C(NC(=O)CNC(=O)C(CCC(=O)O)NC=O)C(=O)NCC(=O)NCC(=O)NCC(=O)NC(CCCCN)C(N)=O. The van der Waals surface area contributed by atoms with Gasteiger partial charge in [-0.15, -0.1) is 0 Å². The monoisotopic (exact) mass is 631 g/mol. The summed E-state index contributed by atoms with van der Waals surface area (Å²) in [5, 5.41) is 34.0. The van der Waals surface area contributed by atoms with Crippen LogP contribution in [0.5, 0.6) is 0 Å². The summed E-state index contributed by atoms with van der Waals surface area (Å²) in [5.74, 6) is -6.99. The Morgan fingerprint density at radius 3 is 1.77 bits per heavy atom. The Balaban J connectivity index is 4.60. The Bertz CT molecular complexity index is 1040. The molecule has 0 fully saturated rings. The van der Waals surface area contributed by atoms with Gasteiger partial charge in [0.05, 0.1) is 32.3 Å². The molecule has 0 bridgehead atoms. The van der Waals surface area contributed by atoms with E-state index in [9.17, 15) is 48.3 Å². The van der Waals surface area contributed by atoms with E-state index in [-0.39, 0.29) is 19.3 Å². The number of unbranched alkanes of at least 4 members (excludes halogenated alkanes) is 1. The average Bonchev–Trinajstić information content (AvgIpc) is 2.96. The number of nitrogens with two attached hydrogens (primary N) is 2. The largest absolute Gasteiger partial charge is 0.481 e. The number of hydrogen-bond acceptors (Lipinski definition) is 11. The van der Waals surface area contributed by atoms with Gasteiger partial charge in [0.15, 0.2) is 0 Å². The Kier molecular flexibility index (Phi) is 19.4. The zero-order valence-corrected chi connectivity index (χ0v) is 24.2. The first-order valence-electron chi connectivity index (χ1n) is 13.5. The quantitative estimate of drug-likeness (QED) is 0.0370. The number of carboxylic acids is 1. The van der Waals surface area contributed by atoms with Gasteiger partial charge in [0.1, 0.15) is 18.1 Å². The van der Waals surface area contributed by atoms with Crippen molar-refractivity contribution in [1.82, 2.24) is 37.2 Å². The van der Waals surface area contributed by atoms with Gasteiger partial charge >= 0.3 is 5.97 Å².